The molecular weight excluding hydrogens is 433 g/mol. The highest BCUT2D eigenvalue weighted by molar-refractivity contribution is 5.99. The molecule has 0 atom stereocenters. The van der Waals surface area contributed by atoms with Gasteiger partial charge in [0.05, 0.1) is 31.9 Å². The number of carbonyl (C=O) groups excluding carboxylic acids is 3. The maximum absolute atomic E-state index is 12.6. The fraction of sp³-hybridized carbons (Fsp3) is 0.286. The highest BCUT2D eigenvalue weighted by Gasteiger charge is 2.32. The zero-order chi connectivity index (χ0) is 23.9. The molecular formula is C21H21F3N2O6. The van der Waals surface area contributed by atoms with Crippen molar-refractivity contribution in [1.29, 1.82) is 0 Å². The van der Waals surface area contributed by atoms with Gasteiger partial charge in [0, 0.05) is 17.8 Å². The summed E-state index contributed by atoms with van der Waals surface area (Å²) in [5, 5.41) is 2.54. The number of methoxy groups -OCH3 is 2. The van der Waals surface area contributed by atoms with E-state index in [-0.39, 0.29) is 41.2 Å². The molecule has 0 spiro atoms. The Morgan fingerprint density at radius 1 is 0.969 bits per heavy atom. The van der Waals surface area contributed by atoms with Gasteiger partial charge in [0.2, 0.25) is 5.91 Å². The van der Waals surface area contributed by atoms with E-state index in [4.69, 9.17) is 0 Å². The van der Waals surface area contributed by atoms with Crippen molar-refractivity contribution < 1.29 is 41.8 Å². The van der Waals surface area contributed by atoms with Crippen LogP contribution in [-0.4, -0.2) is 56.9 Å². The number of anilines is 1. The molecule has 0 unspecified atom stereocenters. The Balaban J connectivity index is 2.11. The number of rotatable bonds is 8. The number of carbonyl (C=O) groups is 3. The molecule has 2 aromatic carbocycles. The third-order valence-corrected chi connectivity index (χ3v) is 4.11. The average Bonchev–Trinajstić information content (AvgIpc) is 2.72. The van der Waals surface area contributed by atoms with Crippen LogP contribution in [0.25, 0.3) is 0 Å². The zero-order valence-corrected chi connectivity index (χ0v) is 17.5. The van der Waals surface area contributed by atoms with Gasteiger partial charge in [-0.25, -0.2) is 9.59 Å². The van der Waals surface area contributed by atoms with Crippen molar-refractivity contribution >= 4 is 23.5 Å². The SMILES string of the molecule is COC(=O)c1cc(NC(=O)CN(C)Cc2ccccc2OC(F)(F)F)cc(C(=O)OC)c1. The van der Waals surface area contributed by atoms with Gasteiger partial charge in [-0.3, -0.25) is 9.69 Å². The van der Waals surface area contributed by atoms with E-state index in [0.717, 1.165) is 0 Å². The lowest BCUT2D eigenvalue weighted by Gasteiger charge is -2.19. The number of nitrogens with one attached hydrogen (secondary N) is 1. The van der Waals surface area contributed by atoms with E-state index in [1.807, 2.05) is 0 Å². The Labute approximate surface area is 181 Å². The number of hydrogen-bond donors (Lipinski definition) is 1. The molecule has 0 radical (unpaired) electrons. The fourth-order valence-corrected chi connectivity index (χ4v) is 2.82. The minimum absolute atomic E-state index is 0.00468. The number of halogens is 3. The Morgan fingerprint density at radius 2 is 1.53 bits per heavy atom. The van der Waals surface area contributed by atoms with E-state index < -0.39 is 24.2 Å². The number of ether oxygens (including phenoxy) is 3. The van der Waals surface area contributed by atoms with E-state index >= 15 is 0 Å². The molecule has 0 saturated heterocycles. The molecule has 2 aromatic rings. The zero-order valence-electron chi connectivity index (χ0n) is 17.5. The molecule has 0 aliphatic rings. The van der Waals surface area contributed by atoms with Gasteiger partial charge in [-0.15, -0.1) is 13.2 Å². The molecule has 1 amide bonds. The van der Waals surface area contributed by atoms with Crippen molar-refractivity contribution in [2.75, 3.05) is 33.1 Å². The van der Waals surface area contributed by atoms with Gasteiger partial charge >= 0.3 is 18.3 Å². The Morgan fingerprint density at radius 3 is 2.06 bits per heavy atom. The van der Waals surface area contributed by atoms with E-state index in [1.165, 1.54) is 62.6 Å². The lowest BCUT2D eigenvalue weighted by Crippen LogP contribution is -2.30. The number of likely N-dealkylation sites (N-methyl/N-ethyl adjacent to an activating group) is 1. The van der Waals surface area contributed by atoms with Crippen molar-refractivity contribution in [1.82, 2.24) is 4.90 Å². The molecule has 2 rings (SSSR count). The number of nitrogens with zero attached hydrogens (tertiary/aromatic N) is 1. The third kappa shape index (κ3) is 7.27. The van der Waals surface area contributed by atoms with Crippen LogP contribution in [0.4, 0.5) is 18.9 Å². The number of alkyl halides is 3. The highest BCUT2D eigenvalue weighted by Crippen LogP contribution is 2.27. The molecule has 0 aliphatic carbocycles. The summed E-state index contributed by atoms with van der Waals surface area (Å²) >= 11 is 0. The van der Waals surface area contributed by atoms with Crippen LogP contribution in [0.15, 0.2) is 42.5 Å². The molecule has 0 bridgehead atoms. The molecule has 172 valence electrons. The van der Waals surface area contributed by atoms with Crippen molar-refractivity contribution in [2.24, 2.45) is 0 Å². The van der Waals surface area contributed by atoms with Crippen LogP contribution >= 0.6 is 0 Å². The van der Waals surface area contributed by atoms with Gasteiger partial charge in [-0.1, -0.05) is 18.2 Å². The predicted molar refractivity (Wildman–Crippen MR) is 107 cm³/mol. The lowest BCUT2D eigenvalue weighted by molar-refractivity contribution is -0.275. The summed E-state index contributed by atoms with van der Waals surface area (Å²) in [5.41, 5.74) is 0.433. The summed E-state index contributed by atoms with van der Waals surface area (Å²) < 4.78 is 51.0. The standard InChI is InChI=1S/C21H21F3N2O6/c1-26(11-13-6-4-5-7-17(13)32-21(22,23)24)12-18(27)25-16-9-14(19(28)30-2)8-15(10-16)20(29)31-3/h4-10H,11-12H2,1-3H3,(H,25,27). The second-order valence-electron chi connectivity index (χ2n) is 6.66. The highest BCUT2D eigenvalue weighted by atomic mass is 19.4. The van der Waals surface area contributed by atoms with Crippen molar-refractivity contribution in [2.45, 2.75) is 12.9 Å². The molecule has 32 heavy (non-hydrogen) atoms. The Hall–Kier alpha value is -3.60. The van der Waals surface area contributed by atoms with Crippen LogP contribution in [0.3, 0.4) is 0 Å². The lowest BCUT2D eigenvalue weighted by atomic mass is 10.1. The van der Waals surface area contributed by atoms with E-state index in [0.29, 0.717) is 0 Å². The summed E-state index contributed by atoms with van der Waals surface area (Å²) in [7, 11) is 3.87. The molecule has 1 N–H and O–H groups in total. The van der Waals surface area contributed by atoms with Crippen molar-refractivity contribution in [3.05, 3.63) is 59.2 Å². The predicted octanol–water partition coefficient (Wildman–Crippen LogP) is 3.23. The second kappa shape index (κ2) is 10.6. The summed E-state index contributed by atoms with van der Waals surface area (Å²) in [5.74, 6) is -2.32. The van der Waals surface area contributed by atoms with Crippen LogP contribution < -0.4 is 10.1 Å². The smallest absolute Gasteiger partial charge is 0.465 e. The van der Waals surface area contributed by atoms with E-state index in [1.54, 1.807) is 6.07 Å². The first-order valence-corrected chi connectivity index (χ1v) is 9.16. The van der Waals surface area contributed by atoms with Crippen LogP contribution in [-0.2, 0) is 20.8 Å². The van der Waals surface area contributed by atoms with Crippen LogP contribution in [0, 0.1) is 0 Å². The maximum Gasteiger partial charge on any atom is 0.573 e. The molecule has 0 aromatic heterocycles. The maximum atomic E-state index is 12.6. The Bertz CT molecular complexity index is 959. The fourth-order valence-electron chi connectivity index (χ4n) is 2.82. The van der Waals surface area contributed by atoms with Crippen molar-refractivity contribution in [3.8, 4) is 5.75 Å². The monoisotopic (exact) mass is 454 g/mol. The Kier molecular flexibility index (Phi) is 8.19. The minimum atomic E-state index is -4.84. The number of benzene rings is 2. The first kappa shape index (κ1) is 24.7. The number of amides is 1. The normalized spacial score (nSPS) is 11.1. The van der Waals surface area contributed by atoms with Crippen LogP contribution in [0.1, 0.15) is 26.3 Å². The summed E-state index contributed by atoms with van der Waals surface area (Å²) in [6.45, 7) is -0.203. The number of esters is 2. The molecule has 0 aliphatic heterocycles. The van der Waals surface area contributed by atoms with Crippen molar-refractivity contribution in [3.63, 3.8) is 0 Å². The molecule has 0 saturated carbocycles. The van der Waals surface area contributed by atoms with Gasteiger partial charge in [-0.2, -0.15) is 0 Å². The van der Waals surface area contributed by atoms with Crippen LogP contribution in [0.5, 0.6) is 5.75 Å². The largest absolute Gasteiger partial charge is 0.573 e. The molecule has 8 nitrogen and oxygen atoms in total. The van der Waals surface area contributed by atoms with Gasteiger partial charge < -0.3 is 19.5 Å². The van der Waals surface area contributed by atoms with Gasteiger partial charge in [0.15, 0.2) is 0 Å². The average molecular weight is 454 g/mol. The number of hydrogen-bond acceptors (Lipinski definition) is 7. The first-order valence-electron chi connectivity index (χ1n) is 9.16. The quantitative estimate of drug-likeness (QED) is 0.612. The number of para-hydroxylation sites is 1. The summed E-state index contributed by atoms with van der Waals surface area (Å²) in [6.07, 6.45) is -4.84. The summed E-state index contributed by atoms with van der Waals surface area (Å²) in [6, 6.07) is 9.51. The van der Waals surface area contributed by atoms with Crippen LogP contribution in [0.2, 0.25) is 0 Å². The minimum Gasteiger partial charge on any atom is -0.465 e. The first-order chi connectivity index (χ1) is 15.0. The van der Waals surface area contributed by atoms with E-state index in [2.05, 4.69) is 19.5 Å². The third-order valence-electron chi connectivity index (χ3n) is 4.11. The van der Waals surface area contributed by atoms with Gasteiger partial charge in [-0.05, 0) is 31.3 Å². The van der Waals surface area contributed by atoms with Gasteiger partial charge in [0.1, 0.15) is 5.75 Å². The summed E-state index contributed by atoms with van der Waals surface area (Å²) in [4.78, 5) is 37.6. The topological polar surface area (TPSA) is 94.2 Å². The van der Waals surface area contributed by atoms with Gasteiger partial charge in [0.25, 0.3) is 0 Å². The molecule has 0 fully saturated rings. The molecule has 0 heterocycles. The molecule has 11 heteroatoms. The van der Waals surface area contributed by atoms with E-state index in [9.17, 15) is 27.6 Å². The second-order valence-corrected chi connectivity index (χ2v) is 6.66.